The van der Waals surface area contributed by atoms with Crippen LogP contribution in [0.25, 0.3) is 11.4 Å². The number of anilines is 1. The maximum atomic E-state index is 12.5. The average molecular weight is 369 g/mol. The highest BCUT2D eigenvalue weighted by Crippen LogP contribution is 2.20. The Morgan fingerprint density at radius 3 is 2.89 bits per heavy atom. The van der Waals surface area contributed by atoms with E-state index >= 15 is 0 Å². The fraction of sp³-hybridized carbons (Fsp3) is 0.389. The zero-order valence-corrected chi connectivity index (χ0v) is 15.9. The Labute approximate surface area is 157 Å². The number of hydrogen-bond acceptors (Lipinski definition) is 6. The van der Waals surface area contributed by atoms with Gasteiger partial charge >= 0.3 is 6.03 Å². The van der Waals surface area contributed by atoms with Gasteiger partial charge in [0.15, 0.2) is 0 Å². The normalized spacial score (nSPS) is 10.8. The first kappa shape index (κ1) is 18.6. The van der Waals surface area contributed by atoms with Crippen molar-refractivity contribution < 1.29 is 9.32 Å². The molecule has 0 aromatic carbocycles. The molecule has 0 atom stereocenters. The minimum absolute atomic E-state index is 0.195. The molecule has 0 aliphatic rings. The van der Waals surface area contributed by atoms with Crippen molar-refractivity contribution in [1.82, 2.24) is 29.8 Å². The largest absolute Gasteiger partial charge is 0.337 e. The fourth-order valence-electron chi connectivity index (χ4n) is 2.72. The third-order valence-electron chi connectivity index (χ3n) is 4.16. The van der Waals surface area contributed by atoms with E-state index in [9.17, 15) is 4.79 Å². The molecular weight excluding hydrogens is 346 g/mol. The number of nitrogens with zero attached hydrogens (tertiary/aromatic N) is 6. The number of nitrogens with one attached hydrogen (secondary N) is 1. The monoisotopic (exact) mass is 369 g/mol. The number of rotatable bonds is 6. The summed E-state index contributed by atoms with van der Waals surface area (Å²) in [5.74, 6) is 0.793. The van der Waals surface area contributed by atoms with E-state index in [4.69, 9.17) is 4.52 Å². The van der Waals surface area contributed by atoms with Crippen LogP contribution in [0.5, 0.6) is 0 Å². The quantitative estimate of drug-likeness (QED) is 0.716. The maximum absolute atomic E-state index is 12.5. The first-order chi connectivity index (χ1) is 13.0. The number of urea groups is 1. The molecule has 3 heterocycles. The first-order valence-electron chi connectivity index (χ1n) is 8.78. The molecule has 0 radical (unpaired) electrons. The van der Waals surface area contributed by atoms with E-state index in [1.54, 1.807) is 25.5 Å². The molecule has 9 heteroatoms. The Morgan fingerprint density at radius 2 is 2.19 bits per heavy atom. The lowest BCUT2D eigenvalue weighted by molar-refractivity contribution is 0.213. The predicted molar refractivity (Wildman–Crippen MR) is 100 cm³/mol. The zero-order valence-electron chi connectivity index (χ0n) is 15.9. The van der Waals surface area contributed by atoms with Gasteiger partial charge in [0.25, 0.3) is 0 Å². The summed E-state index contributed by atoms with van der Waals surface area (Å²) in [6.45, 7) is 6.93. The van der Waals surface area contributed by atoms with Crippen molar-refractivity contribution in [2.75, 3.05) is 12.4 Å². The van der Waals surface area contributed by atoms with Gasteiger partial charge < -0.3 is 14.7 Å². The molecule has 27 heavy (non-hydrogen) atoms. The van der Waals surface area contributed by atoms with Crippen molar-refractivity contribution in [1.29, 1.82) is 0 Å². The summed E-state index contributed by atoms with van der Waals surface area (Å²) < 4.78 is 7.15. The van der Waals surface area contributed by atoms with Crippen LogP contribution in [0.15, 0.2) is 29.0 Å². The summed E-state index contributed by atoms with van der Waals surface area (Å²) in [4.78, 5) is 22.4. The van der Waals surface area contributed by atoms with Crippen LogP contribution in [0, 0.1) is 13.8 Å². The van der Waals surface area contributed by atoms with Crippen molar-refractivity contribution in [3.05, 3.63) is 41.8 Å². The molecule has 0 spiro atoms. The molecule has 1 N–H and O–H groups in total. The zero-order chi connectivity index (χ0) is 19.4. The third kappa shape index (κ3) is 4.13. The van der Waals surface area contributed by atoms with Gasteiger partial charge in [0.2, 0.25) is 11.7 Å². The summed E-state index contributed by atoms with van der Waals surface area (Å²) in [5.41, 5.74) is 3.23. The molecule has 9 nitrogen and oxygen atoms in total. The van der Waals surface area contributed by atoms with Crippen LogP contribution >= 0.6 is 0 Å². The standard InChI is InChI=1S/C18H23N7O2/c1-5-9-25-13(3)16(12(2)22-25)21-18(26)24(4)11-15-20-17(23-27-15)14-7-6-8-19-10-14/h6-8,10H,5,9,11H2,1-4H3,(H,21,26). The van der Waals surface area contributed by atoms with Gasteiger partial charge in [-0.15, -0.1) is 0 Å². The second-order valence-electron chi connectivity index (χ2n) is 6.31. The van der Waals surface area contributed by atoms with Gasteiger partial charge in [0, 0.05) is 31.5 Å². The number of aryl methyl sites for hydroxylation is 2. The second-order valence-corrected chi connectivity index (χ2v) is 6.31. The number of carbonyl (C=O) groups excluding carboxylic acids is 1. The Balaban J connectivity index is 1.66. The van der Waals surface area contributed by atoms with Gasteiger partial charge in [-0.25, -0.2) is 4.79 Å². The van der Waals surface area contributed by atoms with E-state index in [1.165, 1.54) is 4.90 Å². The highest BCUT2D eigenvalue weighted by Gasteiger charge is 2.18. The van der Waals surface area contributed by atoms with E-state index in [1.807, 2.05) is 24.6 Å². The average Bonchev–Trinajstić information content (AvgIpc) is 3.23. The molecule has 3 aromatic heterocycles. The van der Waals surface area contributed by atoms with Crippen LogP contribution in [-0.4, -0.2) is 42.9 Å². The molecule has 0 saturated heterocycles. The van der Waals surface area contributed by atoms with Crippen molar-refractivity contribution in [3.8, 4) is 11.4 Å². The molecule has 0 fully saturated rings. The van der Waals surface area contributed by atoms with Crippen LogP contribution in [-0.2, 0) is 13.1 Å². The Bertz CT molecular complexity index is 917. The molecule has 0 unspecified atom stereocenters. The van der Waals surface area contributed by atoms with Crippen molar-refractivity contribution >= 4 is 11.7 Å². The highest BCUT2D eigenvalue weighted by atomic mass is 16.5. The number of pyridine rings is 1. The van der Waals surface area contributed by atoms with Crippen molar-refractivity contribution in [2.24, 2.45) is 0 Å². The molecule has 2 amide bonds. The fourth-order valence-corrected chi connectivity index (χ4v) is 2.72. The summed E-state index contributed by atoms with van der Waals surface area (Å²) >= 11 is 0. The minimum atomic E-state index is -0.265. The summed E-state index contributed by atoms with van der Waals surface area (Å²) in [5, 5.41) is 11.3. The number of hydrogen-bond donors (Lipinski definition) is 1. The van der Waals surface area contributed by atoms with Gasteiger partial charge in [-0.2, -0.15) is 10.1 Å². The van der Waals surface area contributed by atoms with Crippen molar-refractivity contribution in [3.63, 3.8) is 0 Å². The van der Waals surface area contributed by atoms with Crippen LogP contribution in [0.1, 0.15) is 30.6 Å². The summed E-state index contributed by atoms with van der Waals surface area (Å²) in [6.07, 6.45) is 4.31. The van der Waals surface area contributed by atoms with E-state index in [2.05, 4.69) is 32.5 Å². The molecule has 3 aromatic rings. The van der Waals surface area contributed by atoms with Crippen molar-refractivity contribution in [2.45, 2.75) is 40.3 Å². The van der Waals surface area contributed by atoms with Crippen LogP contribution < -0.4 is 5.32 Å². The highest BCUT2D eigenvalue weighted by molar-refractivity contribution is 5.90. The van der Waals surface area contributed by atoms with Gasteiger partial charge in [-0.1, -0.05) is 12.1 Å². The maximum Gasteiger partial charge on any atom is 0.322 e. The molecular formula is C18H23N7O2. The van der Waals surface area contributed by atoms with E-state index in [0.29, 0.717) is 11.7 Å². The lowest BCUT2D eigenvalue weighted by atomic mass is 10.3. The molecule has 0 aliphatic carbocycles. The van der Waals surface area contributed by atoms with E-state index < -0.39 is 0 Å². The van der Waals surface area contributed by atoms with Gasteiger partial charge in [0.05, 0.1) is 17.1 Å². The number of amides is 2. The molecule has 3 rings (SSSR count). The minimum Gasteiger partial charge on any atom is -0.337 e. The molecule has 0 bridgehead atoms. The van der Waals surface area contributed by atoms with Crippen LogP contribution in [0.4, 0.5) is 10.5 Å². The first-order valence-corrected chi connectivity index (χ1v) is 8.78. The number of carbonyl (C=O) groups is 1. The molecule has 142 valence electrons. The van der Waals surface area contributed by atoms with Gasteiger partial charge in [-0.3, -0.25) is 9.67 Å². The Morgan fingerprint density at radius 1 is 1.37 bits per heavy atom. The predicted octanol–water partition coefficient (Wildman–Crippen LogP) is 3.02. The second kappa shape index (κ2) is 7.98. The topological polar surface area (TPSA) is 102 Å². The SMILES string of the molecule is CCCn1nc(C)c(NC(=O)N(C)Cc2nc(-c3cccnc3)no2)c1C. The Hall–Kier alpha value is -3.23. The number of aromatic nitrogens is 5. The molecule has 0 saturated carbocycles. The lowest BCUT2D eigenvalue weighted by Crippen LogP contribution is -2.31. The summed E-state index contributed by atoms with van der Waals surface area (Å²) in [7, 11) is 1.67. The third-order valence-corrected chi connectivity index (χ3v) is 4.16. The summed E-state index contributed by atoms with van der Waals surface area (Å²) in [6, 6.07) is 3.38. The lowest BCUT2D eigenvalue weighted by Gasteiger charge is -2.16. The van der Waals surface area contributed by atoms with Gasteiger partial charge in [0.1, 0.15) is 6.54 Å². The van der Waals surface area contributed by atoms with Gasteiger partial charge in [-0.05, 0) is 32.4 Å². The smallest absolute Gasteiger partial charge is 0.322 e. The van der Waals surface area contributed by atoms with Crippen LogP contribution in [0.2, 0.25) is 0 Å². The van der Waals surface area contributed by atoms with Crippen LogP contribution in [0.3, 0.4) is 0 Å². The van der Waals surface area contributed by atoms with E-state index in [-0.39, 0.29) is 12.6 Å². The molecule has 0 aliphatic heterocycles. The van der Waals surface area contributed by atoms with E-state index in [0.717, 1.165) is 35.6 Å². The Kier molecular flexibility index (Phi) is 5.49.